The summed E-state index contributed by atoms with van der Waals surface area (Å²) in [5, 5.41) is 3.32. The van der Waals surface area contributed by atoms with E-state index in [1.165, 1.54) is 0 Å². The Morgan fingerprint density at radius 2 is 1.85 bits per heavy atom. The summed E-state index contributed by atoms with van der Waals surface area (Å²) in [6.07, 6.45) is 1.96. The highest BCUT2D eigenvalue weighted by atomic mass is 35.5. The highest BCUT2D eigenvalue weighted by Crippen LogP contribution is 2.32. The zero-order chi connectivity index (χ0) is 13.9. The van der Waals surface area contributed by atoms with Gasteiger partial charge >= 0.3 is 0 Å². The molecule has 0 spiro atoms. The largest absolute Gasteiger partial charge is 0.384 e. The standard InChI is InChI=1S/C14H26N2O3.ClH/c1-11-8-16(9-12(2)19-11)13(17)14(10-18-3)4-6-15-7-5-14;/h11-12,15H,4-10H2,1-3H3;1H. The Balaban J connectivity index is 0.00000200. The van der Waals surface area contributed by atoms with Crippen LogP contribution in [0.15, 0.2) is 0 Å². The van der Waals surface area contributed by atoms with Crippen molar-refractivity contribution < 1.29 is 14.3 Å². The van der Waals surface area contributed by atoms with E-state index in [4.69, 9.17) is 9.47 Å². The van der Waals surface area contributed by atoms with E-state index in [2.05, 4.69) is 5.32 Å². The molecular weight excluding hydrogens is 280 g/mol. The lowest BCUT2D eigenvalue weighted by atomic mass is 9.78. The molecule has 2 aliphatic heterocycles. The van der Waals surface area contributed by atoms with E-state index in [9.17, 15) is 4.79 Å². The van der Waals surface area contributed by atoms with Gasteiger partial charge in [0.05, 0.1) is 24.2 Å². The minimum Gasteiger partial charge on any atom is -0.384 e. The van der Waals surface area contributed by atoms with Gasteiger partial charge in [-0.05, 0) is 39.8 Å². The highest BCUT2D eigenvalue weighted by molar-refractivity contribution is 5.85. The fraction of sp³-hybridized carbons (Fsp3) is 0.929. The van der Waals surface area contributed by atoms with Gasteiger partial charge in [-0.2, -0.15) is 0 Å². The van der Waals surface area contributed by atoms with E-state index in [1.54, 1.807) is 7.11 Å². The van der Waals surface area contributed by atoms with Gasteiger partial charge < -0.3 is 19.7 Å². The van der Waals surface area contributed by atoms with Crippen LogP contribution in [0.3, 0.4) is 0 Å². The Hall–Kier alpha value is -0.360. The van der Waals surface area contributed by atoms with Crippen molar-refractivity contribution in [3.8, 4) is 0 Å². The summed E-state index contributed by atoms with van der Waals surface area (Å²) in [4.78, 5) is 14.9. The maximum atomic E-state index is 12.9. The maximum absolute atomic E-state index is 12.9. The van der Waals surface area contributed by atoms with Crippen LogP contribution in [-0.2, 0) is 14.3 Å². The first-order valence-corrected chi connectivity index (χ1v) is 7.22. The SMILES string of the molecule is COCC1(C(=O)N2CC(C)OC(C)C2)CCNCC1.Cl. The minimum absolute atomic E-state index is 0. The lowest BCUT2D eigenvalue weighted by Gasteiger charge is -2.43. The first kappa shape index (κ1) is 17.7. The monoisotopic (exact) mass is 306 g/mol. The molecule has 2 aliphatic rings. The number of carbonyl (C=O) groups excluding carboxylic acids is 1. The van der Waals surface area contributed by atoms with E-state index in [-0.39, 0.29) is 35.9 Å². The smallest absolute Gasteiger partial charge is 0.231 e. The van der Waals surface area contributed by atoms with Crippen molar-refractivity contribution in [2.45, 2.75) is 38.9 Å². The Morgan fingerprint density at radius 3 is 2.35 bits per heavy atom. The van der Waals surface area contributed by atoms with E-state index in [0.29, 0.717) is 19.7 Å². The second-order valence-electron chi connectivity index (χ2n) is 5.93. The number of halogens is 1. The highest BCUT2D eigenvalue weighted by Gasteiger charge is 2.43. The van der Waals surface area contributed by atoms with Crippen molar-refractivity contribution in [1.29, 1.82) is 0 Å². The van der Waals surface area contributed by atoms with Gasteiger partial charge in [0.15, 0.2) is 0 Å². The molecule has 2 fully saturated rings. The predicted octanol–water partition coefficient (Wildman–Crippen LogP) is 1.06. The molecular formula is C14H27ClN2O3. The molecule has 0 aromatic rings. The van der Waals surface area contributed by atoms with Crippen molar-refractivity contribution in [2.75, 3.05) is 39.9 Å². The molecule has 2 rings (SSSR count). The van der Waals surface area contributed by atoms with Gasteiger partial charge in [0, 0.05) is 20.2 Å². The number of hydrogen-bond acceptors (Lipinski definition) is 4. The summed E-state index contributed by atoms with van der Waals surface area (Å²) in [5.41, 5.74) is -0.337. The summed E-state index contributed by atoms with van der Waals surface area (Å²) in [6, 6.07) is 0. The average molecular weight is 307 g/mol. The Morgan fingerprint density at radius 1 is 1.30 bits per heavy atom. The van der Waals surface area contributed by atoms with Crippen LogP contribution in [0.1, 0.15) is 26.7 Å². The molecule has 0 bridgehead atoms. The van der Waals surface area contributed by atoms with Crippen LogP contribution in [-0.4, -0.2) is 62.9 Å². The van der Waals surface area contributed by atoms with Crippen LogP contribution in [0.2, 0.25) is 0 Å². The van der Waals surface area contributed by atoms with Crippen LogP contribution < -0.4 is 5.32 Å². The van der Waals surface area contributed by atoms with Gasteiger partial charge in [-0.3, -0.25) is 4.79 Å². The number of ether oxygens (including phenoxy) is 2. The summed E-state index contributed by atoms with van der Waals surface area (Å²) in [7, 11) is 1.68. The number of nitrogens with one attached hydrogen (secondary N) is 1. The molecule has 2 heterocycles. The zero-order valence-electron chi connectivity index (χ0n) is 12.7. The molecule has 0 aromatic carbocycles. The molecule has 1 N–H and O–H groups in total. The second kappa shape index (κ2) is 7.59. The van der Waals surface area contributed by atoms with Crippen LogP contribution in [0.4, 0.5) is 0 Å². The van der Waals surface area contributed by atoms with Crippen molar-refractivity contribution in [3.63, 3.8) is 0 Å². The molecule has 0 aromatic heterocycles. The number of hydrogen-bond donors (Lipinski definition) is 1. The van der Waals surface area contributed by atoms with E-state index >= 15 is 0 Å². The van der Waals surface area contributed by atoms with Crippen molar-refractivity contribution in [2.24, 2.45) is 5.41 Å². The summed E-state index contributed by atoms with van der Waals surface area (Å²) in [5.74, 6) is 0.248. The average Bonchev–Trinajstić information content (AvgIpc) is 2.38. The topological polar surface area (TPSA) is 50.8 Å². The fourth-order valence-corrected chi connectivity index (χ4v) is 3.28. The Kier molecular flexibility index (Phi) is 6.72. The molecule has 2 atom stereocenters. The number of amides is 1. The number of morpholine rings is 1. The van der Waals surface area contributed by atoms with Crippen LogP contribution in [0.5, 0.6) is 0 Å². The van der Waals surface area contributed by atoms with Crippen molar-refractivity contribution in [3.05, 3.63) is 0 Å². The van der Waals surface area contributed by atoms with E-state index < -0.39 is 0 Å². The van der Waals surface area contributed by atoms with Gasteiger partial charge in [0.1, 0.15) is 0 Å². The first-order chi connectivity index (χ1) is 9.07. The van der Waals surface area contributed by atoms with Crippen molar-refractivity contribution >= 4 is 18.3 Å². The number of rotatable bonds is 3. The lowest BCUT2D eigenvalue weighted by molar-refractivity contribution is -0.158. The van der Waals surface area contributed by atoms with E-state index in [1.807, 2.05) is 18.7 Å². The molecule has 118 valence electrons. The Bertz CT molecular complexity index is 306. The summed E-state index contributed by atoms with van der Waals surface area (Å²) >= 11 is 0. The quantitative estimate of drug-likeness (QED) is 0.847. The van der Waals surface area contributed by atoms with Gasteiger partial charge in [-0.25, -0.2) is 0 Å². The molecule has 6 heteroatoms. The van der Waals surface area contributed by atoms with Gasteiger partial charge in [0.2, 0.25) is 5.91 Å². The maximum Gasteiger partial charge on any atom is 0.231 e. The molecule has 5 nitrogen and oxygen atoms in total. The van der Waals surface area contributed by atoms with Gasteiger partial charge in [-0.1, -0.05) is 0 Å². The molecule has 0 saturated carbocycles. The molecule has 1 amide bonds. The number of carbonyl (C=O) groups is 1. The third kappa shape index (κ3) is 3.85. The normalized spacial score (nSPS) is 29.6. The molecule has 2 saturated heterocycles. The third-order valence-electron chi connectivity index (χ3n) is 4.14. The van der Waals surface area contributed by atoms with Gasteiger partial charge in [0.25, 0.3) is 0 Å². The summed E-state index contributed by atoms with van der Waals surface area (Å²) < 4.78 is 11.1. The minimum atomic E-state index is -0.337. The van der Waals surface area contributed by atoms with Gasteiger partial charge in [-0.15, -0.1) is 12.4 Å². The predicted molar refractivity (Wildman–Crippen MR) is 80.2 cm³/mol. The lowest BCUT2D eigenvalue weighted by Crippen LogP contribution is -2.56. The summed E-state index contributed by atoms with van der Waals surface area (Å²) in [6.45, 7) is 7.76. The van der Waals surface area contributed by atoms with Crippen LogP contribution in [0.25, 0.3) is 0 Å². The molecule has 0 radical (unpaired) electrons. The number of nitrogens with zero attached hydrogens (tertiary/aromatic N) is 1. The second-order valence-corrected chi connectivity index (χ2v) is 5.93. The molecule has 0 aliphatic carbocycles. The van der Waals surface area contributed by atoms with Crippen LogP contribution in [0, 0.1) is 5.41 Å². The number of piperidine rings is 1. The van der Waals surface area contributed by atoms with Crippen molar-refractivity contribution in [1.82, 2.24) is 10.2 Å². The Labute approximate surface area is 127 Å². The third-order valence-corrected chi connectivity index (χ3v) is 4.14. The molecule has 2 unspecified atom stereocenters. The fourth-order valence-electron chi connectivity index (χ4n) is 3.28. The first-order valence-electron chi connectivity index (χ1n) is 7.22. The number of methoxy groups -OCH3 is 1. The van der Waals surface area contributed by atoms with E-state index in [0.717, 1.165) is 25.9 Å². The van der Waals surface area contributed by atoms with Crippen LogP contribution >= 0.6 is 12.4 Å². The zero-order valence-corrected chi connectivity index (χ0v) is 13.5. The molecule has 20 heavy (non-hydrogen) atoms.